The highest BCUT2D eigenvalue weighted by molar-refractivity contribution is 6.03. The van der Waals surface area contributed by atoms with E-state index in [0.717, 1.165) is 18.5 Å². The second kappa shape index (κ2) is 8.23. The Labute approximate surface area is 181 Å². The molecule has 4 N–H and O–H groups in total. The van der Waals surface area contributed by atoms with Gasteiger partial charge in [-0.1, -0.05) is 0 Å². The first-order valence-electron chi connectivity index (χ1n) is 9.92. The topological polar surface area (TPSA) is 119 Å². The van der Waals surface area contributed by atoms with Crippen molar-refractivity contribution in [3.05, 3.63) is 48.0 Å². The molecule has 0 aromatic carbocycles. The van der Waals surface area contributed by atoms with Crippen LogP contribution in [-0.2, 0) is 7.05 Å². The van der Waals surface area contributed by atoms with Gasteiger partial charge in [0.2, 0.25) is 0 Å². The summed E-state index contributed by atoms with van der Waals surface area (Å²) >= 11 is 0. The molecule has 11 heteroatoms. The molecule has 3 aromatic rings. The quantitative estimate of drug-likeness (QED) is 0.536. The van der Waals surface area contributed by atoms with Crippen LogP contribution in [0.2, 0.25) is 0 Å². The summed E-state index contributed by atoms with van der Waals surface area (Å²) in [7, 11) is 1.70. The summed E-state index contributed by atoms with van der Waals surface area (Å²) in [6.45, 7) is -1.00. The van der Waals surface area contributed by atoms with Crippen LogP contribution in [-0.4, -0.2) is 49.6 Å². The summed E-state index contributed by atoms with van der Waals surface area (Å²) in [5, 5.41) is 15.4. The molecular formula is C21H21F3N6O2. The normalized spacial score (nSPS) is 14.9. The van der Waals surface area contributed by atoms with E-state index in [4.69, 9.17) is 5.73 Å². The predicted octanol–water partition coefficient (Wildman–Crippen LogP) is 2.66. The molecule has 0 unspecified atom stereocenters. The highest BCUT2D eigenvalue weighted by Crippen LogP contribution is 2.39. The minimum absolute atomic E-state index is 0.0108. The number of aryl methyl sites for hydroxylation is 1. The maximum absolute atomic E-state index is 12.7. The number of nitrogens with two attached hydrogens (primary N) is 1. The lowest BCUT2D eigenvalue weighted by atomic mass is 10.0. The van der Waals surface area contributed by atoms with Crippen LogP contribution < -0.4 is 11.1 Å². The molecule has 4 rings (SSSR count). The largest absolute Gasteiger partial charge is 0.416 e. The number of carbonyl (C=O) groups excluding carboxylic acids is 1. The second-order valence-electron chi connectivity index (χ2n) is 7.73. The van der Waals surface area contributed by atoms with Crippen molar-refractivity contribution in [2.24, 2.45) is 7.05 Å². The fraction of sp³-hybridized carbons (Fsp3) is 0.333. The number of carbonyl (C=O) groups is 1. The molecule has 168 valence electrons. The lowest BCUT2D eigenvalue weighted by Gasteiger charge is -2.16. The van der Waals surface area contributed by atoms with Crippen LogP contribution in [0, 0.1) is 0 Å². The Balaban J connectivity index is 1.71. The van der Waals surface area contributed by atoms with Gasteiger partial charge in [-0.15, -0.1) is 0 Å². The van der Waals surface area contributed by atoms with Crippen LogP contribution in [0.5, 0.6) is 0 Å². The van der Waals surface area contributed by atoms with Crippen molar-refractivity contribution in [1.82, 2.24) is 25.1 Å². The smallest absolute Gasteiger partial charge is 0.396 e. The number of alkyl halides is 3. The van der Waals surface area contributed by atoms with Gasteiger partial charge < -0.3 is 16.2 Å². The average molecular weight is 446 g/mol. The molecule has 8 nitrogen and oxygen atoms in total. The summed E-state index contributed by atoms with van der Waals surface area (Å²) in [6.07, 6.45) is -0.507. The van der Waals surface area contributed by atoms with Gasteiger partial charge >= 0.3 is 6.18 Å². The van der Waals surface area contributed by atoms with Crippen LogP contribution in [0.3, 0.4) is 0 Å². The third kappa shape index (κ3) is 4.57. The minimum Gasteiger partial charge on any atom is -0.396 e. The number of pyridine rings is 2. The molecule has 0 saturated heterocycles. The van der Waals surface area contributed by atoms with Crippen molar-refractivity contribution in [2.75, 3.05) is 12.3 Å². The number of aliphatic hydroxyl groups is 1. The number of hydrogen-bond donors (Lipinski definition) is 3. The number of halogens is 3. The lowest BCUT2D eigenvalue weighted by molar-refractivity contribution is -0.201. The van der Waals surface area contributed by atoms with Crippen molar-refractivity contribution < 1.29 is 23.1 Å². The van der Waals surface area contributed by atoms with E-state index in [9.17, 15) is 23.1 Å². The van der Waals surface area contributed by atoms with Crippen LogP contribution >= 0.6 is 0 Å². The van der Waals surface area contributed by atoms with E-state index < -0.39 is 24.7 Å². The van der Waals surface area contributed by atoms with Gasteiger partial charge in [0.25, 0.3) is 5.91 Å². The Kier molecular flexibility index (Phi) is 5.59. The Bertz CT molecular complexity index is 1140. The summed E-state index contributed by atoms with van der Waals surface area (Å²) in [5.41, 5.74) is 8.91. The Hall–Kier alpha value is -3.47. The Morgan fingerprint density at radius 3 is 2.62 bits per heavy atom. The number of nitrogens with zero attached hydrogens (tertiary/aromatic N) is 4. The summed E-state index contributed by atoms with van der Waals surface area (Å²) in [6, 6.07) is 5.13. The highest BCUT2D eigenvalue weighted by atomic mass is 19.4. The molecule has 1 aliphatic carbocycles. The fourth-order valence-electron chi connectivity index (χ4n) is 3.23. The van der Waals surface area contributed by atoms with Gasteiger partial charge in [0.1, 0.15) is 0 Å². The summed E-state index contributed by atoms with van der Waals surface area (Å²) in [4.78, 5) is 21.7. The van der Waals surface area contributed by atoms with E-state index in [2.05, 4.69) is 20.4 Å². The van der Waals surface area contributed by atoms with Crippen LogP contribution in [0.15, 0.2) is 36.8 Å². The first-order valence-corrected chi connectivity index (χ1v) is 9.92. The number of aliphatic hydroxyl groups excluding tert-OH is 1. The Morgan fingerprint density at radius 1 is 1.31 bits per heavy atom. The van der Waals surface area contributed by atoms with Crippen LogP contribution in [0.25, 0.3) is 22.5 Å². The zero-order valence-corrected chi connectivity index (χ0v) is 17.1. The predicted molar refractivity (Wildman–Crippen MR) is 110 cm³/mol. The highest BCUT2D eigenvalue weighted by Gasteiger charge is 2.38. The maximum atomic E-state index is 12.7. The molecule has 1 amide bonds. The fourth-order valence-corrected chi connectivity index (χ4v) is 3.23. The zero-order chi connectivity index (χ0) is 23.0. The zero-order valence-electron chi connectivity index (χ0n) is 17.1. The van der Waals surface area contributed by atoms with E-state index >= 15 is 0 Å². The van der Waals surface area contributed by atoms with Crippen LogP contribution in [0.1, 0.15) is 34.8 Å². The lowest BCUT2D eigenvalue weighted by Crippen LogP contribution is -2.40. The molecule has 3 heterocycles. The van der Waals surface area contributed by atoms with Gasteiger partial charge in [0, 0.05) is 42.2 Å². The van der Waals surface area contributed by atoms with E-state index in [0.29, 0.717) is 22.7 Å². The number of hydrogen-bond acceptors (Lipinski definition) is 6. The molecule has 0 bridgehead atoms. The molecule has 3 aromatic heterocycles. The summed E-state index contributed by atoms with van der Waals surface area (Å²) < 4.78 is 39.3. The number of anilines is 1. The van der Waals surface area contributed by atoms with Gasteiger partial charge in [0.15, 0.2) is 6.10 Å². The van der Waals surface area contributed by atoms with Gasteiger partial charge in [-0.2, -0.15) is 18.3 Å². The number of amides is 1. The van der Waals surface area contributed by atoms with Gasteiger partial charge in [-0.25, -0.2) is 4.98 Å². The van der Waals surface area contributed by atoms with Crippen molar-refractivity contribution in [3.8, 4) is 22.5 Å². The van der Waals surface area contributed by atoms with E-state index in [1.807, 2.05) is 12.1 Å². The van der Waals surface area contributed by atoms with Crippen molar-refractivity contribution in [2.45, 2.75) is 31.0 Å². The van der Waals surface area contributed by atoms with Crippen molar-refractivity contribution in [3.63, 3.8) is 0 Å². The SMILES string of the molecule is Cn1cc(-c2nc(-c3ccc(C4CC4)nc3)cc(C(=O)NC[C@H](O)C(F)(F)F)c2N)cn1. The molecule has 1 fully saturated rings. The summed E-state index contributed by atoms with van der Waals surface area (Å²) in [5.74, 6) is -0.391. The second-order valence-corrected chi connectivity index (χ2v) is 7.73. The molecule has 0 spiro atoms. The number of rotatable bonds is 6. The maximum Gasteiger partial charge on any atom is 0.416 e. The first-order chi connectivity index (χ1) is 15.1. The van der Waals surface area contributed by atoms with Crippen molar-refractivity contribution >= 4 is 11.6 Å². The van der Waals surface area contributed by atoms with Crippen LogP contribution in [0.4, 0.5) is 18.9 Å². The van der Waals surface area contributed by atoms with E-state index in [1.54, 1.807) is 19.4 Å². The molecule has 0 aliphatic heterocycles. The third-order valence-corrected chi connectivity index (χ3v) is 5.19. The van der Waals surface area contributed by atoms with Gasteiger partial charge in [-0.3, -0.25) is 14.5 Å². The third-order valence-electron chi connectivity index (χ3n) is 5.19. The number of nitrogens with one attached hydrogen (secondary N) is 1. The first kappa shape index (κ1) is 21.8. The Morgan fingerprint density at radius 2 is 2.06 bits per heavy atom. The molecule has 1 atom stereocenters. The molecule has 32 heavy (non-hydrogen) atoms. The minimum atomic E-state index is -4.85. The molecule has 1 aliphatic rings. The van der Waals surface area contributed by atoms with E-state index in [1.165, 1.54) is 16.9 Å². The van der Waals surface area contributed by atoms with Crippen molar-refractivity contribution in [1.29, 1.82) is 0 Å². The monoisotopic (exact) mass is 446 g/mol. The molecular weight excluding hydrogens is 425 g/mol. The number of nitrogen functional groups attached to an aromatic ring is 1. The number of aromatic nitrogens is 4. The van der Waals surface area contributed by atoms with Gasteiger partial charge in [0.05, 0.1) is 35.4 Å². The van der Waals surface area contributed by atoms with Gasteiger partial charge in [-0.05, 0) is 31.0 Å². The average Bonchev–Trinajstić information content (AvgIpc) is 3.52. The van der Waals surface area contributed by atoms with E-state index in [-0.39, 0.29) is 16.9 Å². The molecule has 0 radical (unpaired) electrons. The molecule has 1 saturated carbocycles. The standard InChI is InChI=1S/C21H21F3N6O2/c1-30-10-13(8-28-30)19-18(25)14(20(32)27-9-17(31)21(22,23)24)6-16(29-19)12-4-5-15(26-7-12)11-2-3-11/h4-8,10-11,17,31H,2-3,9,25H2,1H3,(H,27,32)/t17-/m0/s1.